The van der Waals surface area contributed by atoms with Crippen LogP contribution in [0.25, 0.3) is 0 Å². The molecule has 0 bridgehead atoms. The Balaban J connectivity index is 2.22. The Bertz CT molecular complexity index is 697. The Morgan fingerprint density at radius 1 is 1.21 bits per heavy atom. The van der Waals surface area contributed by atoms with Gasteiger partial charge in [0.05, 0.1) is 24.2 Å². The molecule has 0 spiro atoms. The average molecular weight is 354 g/mol. The minimum atomic E-state index is -3.62. The van der Waals surface area contributed by atoms with E-state index in [-0.39, 0.29) is 10.8 Å². The van der Waals surface area contributed by atoms with Crippen LogP contribution >= 0.6 is 0 Å². The predicted octanol–water partition coefficient (Wildman–Crippen LogP) is 1.55. The minimum absolute atomic E-state index is 0.170. The lowest BCUT2D eigenvalue weighted by molar-refractivity contribution is -0.185. The Morgan fingerprint density at radius 2 is 1.83 bits per heavy atom. The first-order valence-corrected chi connectivity index (χ1v) is 9.22. The first-order valence-electron chi connectivity index (χ1n) is 7.67. The highest BCUT2D eigenvalue weighted by Crippen LogP contribution is 2.31. The topological polar surface area (TPSA) is 89.9 Å². The van der Waals surface area contributed by atoms with Gasteiger partial charge in [-0.1, -0.05) is 32.0 Å². The second-order valence-electron chi connectivity index (χ2n) is 5.94. The van der Waals surface area contributed by atoms with E-state index in [1.807, 2.05) is 0 Å². The van der Waals surface area contributed by atoms with Gasteiger partial charge < -0.3 is 14.6 Å². The number of ether oxygens (including phenoxy) is 2. The van der Waals surface area contributed by atoms with Gasteiger partial charge in [0.25, 0.3) is 0 Å². The third-order valence-corrected chi connectivity index (χ3v) is 5.77. The van der Waals surface area contributed by atoms with E-state index in [0.717, 1.165) is 5.41 Å². The molecule has 0 aliphatic carbocycles. The monoisotopic (exact) mass is 354 g/mol. The van der Waals surface area contributed by atoms with E-state index in [0.29, 0.717) is 0 Å². The molecular weight excluding hydrogens is 332 g/mol. The van der Waals surface area contributed by atoms with Crippen molar-refractivity contribution in [1.29, 1.82) is 0 Å². The largest absolute Gasteiger partial charge is 0.467 e. The summed E-state index contributed by atoms with van der Waals surface area (Å²) >= 11 is 0. The van der Waals surface area contributed by atoms with Crippen molar-refractivity contribution in [2.75, 3.05) is 7.11 Å². The lowest BCUT2D eigenvalue weighted by Gasteiger charge is -2.40. The Hall–Kier alpha value is -1.70. The van der Waals surface area contributed by atoms with E-state index >= 15 is 0 Å². The van der Waals surface area contributed by atoms with Gasteiger partial charge in [0, 0.05) is 17.2 Å². The number of sulfone groups is 1. The van der Waals surface area contributed by atoms with Crippen LogP contribution in [0.5, 0.6) is 0 Å². The quantitative estimate of drug-likeness (QED) is 0.825. The van der Waals surface area contributed by atoms with Crippen molar-refractivity contribution < 1.29 is 27.8 Å². The average Bonchev–Trinajstić information content (AvgIpc) is 2.59. The fourth-order valence-corrected chi connectivity index (χ4v) is 3.80. The zero-order chi connectivity index (χ0) is 17.9. The molecule has 1 aliphatic heterocycles. The molecule has 0 radical (unpaired) electrons. The maximum Gasteiger partial charge on any atom is 0.335 e. The number of hydrogen-bond acceptors (Lipinski definition) is 6. The molecule has 0 unspecified atom stereocenters. The van der Waals surface area contributed by atoms with Crippen LogP contribution in [-0.2, 0) is 24.1 Å². The number of benzene rings is 1. The first-order chi connectivity index (χ1) is 11.3. The smallest absolute Gasteiger partial charge is 0.335 e. The lowest BCUT2D eigenvalue weighted by atomic mass is 9.83. The molecule has 24 heavy (non-hydrogen) atoms. The molecule has 7 heteroatoms. The predicted molar refractivity (Wildman–Crippen MR) is 87.8 cm³/mol. The van der Waals surface area contributed by atoms with Gasteiger partial charge in [-0.2, -0.15) is 0 Å². The first kappa shape index (κ1) is 18.6. The van der Waals surface area contributed by atoms with E-state index in [4.69, 9.17) is 4.74 Å². The molecule has 1 saturated heterocycles. The summed E-state index contributed by atoms with van der Waals surface area (Å²) in [6, 6.07) is 8.00. The molecule has 5 atom stereocenters. The van der Waals surface area contributed by atoms with Gasteiger partial charge in [-0.25, -0.2) is 13.2 Å². The molecule has 0 saturated carbocycles. The van der Waals surface area contributed by atoms with E-state index in [1.54, 1.807) is 32.0 Å². The van der Waals surface area contributed by atoms with Crippen molar-refractivity contribution in [3.8, 4) is 0 Å². The van der Waals surface area contributed by atoms with Gasteiger partial charge in [-0.3, -0.25) is 0 Å². The second kappa shape index (κ2) is 7.46. The normalized spacial score (nSPS) is 31.1. The summed E-state index contributed by atoms with van der Waals surface area (Å²) in [6.07, 6.45) is -1.08. The van der Waals surface area contributed by atoms with Crippen LogP contribution in [0.4, 0.5) is 0 Å². The number of carbonyl (C=O) groups excluding carboxylic acids is 1. The summed E-state index contributed by atoms with van der Waals surface area (Å²) in [5, 5.41) is 11.4. The molecule has 1 fully saturated rings. The molecule has 1 aliphatic rings. The number of aliphatic hydroxyl groups is 1. The van der Waals surface area contributed by atoms with Gasteiger partial charge in [0.15, 0.2) is 15.9 Å². The molecule has 1 aromatic carbocycles. The molecular formula is C17H22O6S. The summed E-state index contributed by atoms with van der Waals surface area (Å²) in [5.74, 6) is -1.39. The van der Waals surface area contributed by atoms with Crippen LogP contribution in [0.2, 0.25) is 0 Å². The van der Waals surface area contributed by atoms with Gasteiger partial charge >= 0.3 is 5.97 Å². The summed E-state index contributed by atoms with van der Waals surface area (Å²) in [4.78, 5) is 12.0. The van der Waals surface area contributed by atoms with Crippen molar-refractivity contribution in [3.63, 3.8) is 0 Å². The number of hydrogen-bond donors (Lipinski definition) is 1. The van der Waals surface area contributed by atoms with Crippen molar-refractivity contribution in [1.82, 2.24) is 0 Å². The van der Waals surface area contributed by atoms with E-state index in [9.17, 15) is 18.3 Å². The zero-order valence-electron chi connectivity index (χ0n) is 13.8. The lowest BCUT2D eigenvalue weighted by Crippen LogP contribution is -2.51. The summed E-state index contributed by atoms with van der Waals surface area (Å²) in [7, 11) is -2.37. The Kier molecular flexibility index (Phi) is 5.79. The molecule has 132 valence electrons. The molecule has 1 aromatic rings. The van der Waals surface area contributed by atoms with Crippen molar-refractivity contribution in [3.05, 3.63) is 41.8 Å². The standard InChI is InChI=1S/C17H22O6S/c1-11-14(23-16(17(19)22-3)12(2)15(11)18)9-10-24(20,21)13-7-5-4-6-8-13/h4-12,14-16,18H,1-3H3/b10-9-/t11-,12-,14+,15-,16+/m1/s1. The SMILES string of the molecule is COC(=O)[C@H]1O[C@@H](/C=C\S(=O)(=O)c2ccccc2)[C@@H](C)[C@@H](O)[C@H]1C. The van der Waals surface area contributed by atoms with Crippen LogP contribution in [0.3, 0.4) is 0 Å². The maximum atomic E-state index is 12.3. The molecule has 1 heterocycles. The van der Waals surface area contributed by atoms with Crippen LogP contribution < -0.4 is 0 Å². The van der Waals surface area contributed by atoms with Crippen LogP contribution in [0.1, 0.15) is 13.8 Å². The highest BCUT2D eigenvalue weighted by atomic mass is 32.2. The van der Waals surface area contributed by atoms with E-state index in [2.05, 4.69) is 4.74 Å². The van der Waals surface area contributed by atoms with Gasteiger partial charge in [0.2, 0.25) is 0 Å². The van der Waals surface area contributed by atoms with Gasteiger partial charge in [-0.15, -0.1) is 0 Å². The third-order valence-electron chi connectivity index (χ3n) is 4.33. The molecule has 1 N–H and O–H groups in total. The Morgan fingerprint density at radius 3 is 2.42 bits per heavy atom. The van der Waals surface area contributed by atoms with Gasteiger partial charge in [0.1, 0.15) is 0 Å². The number of carbonyl (C=O) groups is 1. The zero-order valence-corrected chi connectivity index (χ0v) is 14.6. The number of aliphatic hydroxyl groups excluding tert-OH is 1. The van der Waals surface area contributed by atoms with Crippen molar-refractivity contribution in [2.45, 2.75) is 37.1 Å². The number of esters is 1. The number of methoxy groups -OCH3 is 1. The highest BCUT2D eigenvalue weighted by molar-refractivity contribution is 7.94. The van der Waals surface area contributed by atoms with Crippen LogP contribution in [-0.4, -0.2) is 44.9 Å². The molecule has 6 nitrogen and oxygen atoms in total. The summed E-state index contributed by atoms with van der Waals surface area (Å²) in [6.45, 7) is 3.45. The molecule has 0 amide bonds. The highest BCUT2D eigenvalue weighted by Gasteiger charge is 2.43. The molecule has 2 rings (SSSR count). The van der Waals surface area contributed by atoms with Crippen molar-refractivity contribution >= 4 is 15.8 Å². The van der Waals surface area contributed by atoms with Crippen LogP contribution in [0.15, 0.2) is 46.7 Å². The van der Waals surface area contributed by atoms with E-state index in [1.165, 1.54) is 25.3 Å². The maximum absolute atomic E-state index is 12.3. The molecule has 0 aromatic heterocycles. The third kappa shape index (κ3) is 3.85. The van der Waals surface area contributed by atoms with Crippen molar-refractivity contribution in [2.24, 2.45) is 11.8 Å². The fourth-order valence-electron chi connectivity index (χ4n) is 2.75. The summed E-state index contributed by atoms with van der Waals surface area (Å²) < 4.78 is 35.0. The second-order valence-corrected chi connectivity index (χ2v) is 7.77. The Labute approximate surface area is 142 Å². The number of rotatable bonds is 4. The van der Waals surface area contributed by atoms with E-state index < -0.39 is 40.0 Å². The minimum Gasteiger partial charge on any atom is -0.467 e. The fraction of sp³-hybridized carbons (Fsp3) is 0.471. The summed E-state index contributed by atoms with van der Waals surface area (Å²) in [5.41, 5.74) is 0. The van der Waals surface area contributed by atoms with Gasteiger partial charge in [-0.05, 0) is 18.2 Å². The van der Waals surface area contributed by atoms with Crippen LogP contribution in [0, 0.1) is 11.8 Å².